The van der Waals surface area contributed by atoms with Crippen LogP contribution in [0.1, 0.15) is 48.0 Å². The van der Waals surface area contributed by atoms with Crippen molar-refractivity contribution < 1.29 is 9.53 Å². The Hall–Kier alpha value is -0.810. The van der Waals surface area contributed by atoms with E-state index < -0.39 is 0 Å². The number of amides is 2. The van der Waals surface area contributed by atoms with E-state index in [1.54, 1.807) is 0 Å². The SMILES string of the molecule is CCN(CC)C(CNC(=O)N1CCOC(C)(C)C1)CC(C)C. The van der Waals surface area contributed by atoms with Crippen molar-refractivity contribution in [3.05, 3.63) is 0 Å². The Balaban J connectivity index is 2.54. The molecule has 0 spiro atoms. The Labute approximate surface area is 136 Å². The standard InChI is InChI=1S/C17H35N3O2/c1-7-19(8-2)15(11-14(3)4)12-18-16(21)20-9-10-22-17(5,6)13-20/h14-15H,7-13H2,1-6H3,(H,18,21). The molecule has 1 unspecified atom stereocenters. The molecule has 0 aromatic carbocycles. The van der Waals surface area contributed by atoms with Crippen LogP contribution in [0.2, 0.25) is 0 Å². The van der Waals surface area contributed by atoms with Gasteiger partial charge in [-0.2, -0.15) is 0 Å². The van der Waals surface area contributed by atoms with Crippen LogP contribution >= 0.6 is 0 Å². The van der Waals surface area contributed by atoms with Crippen molar-refractivity contribution in [2.75, 3.05) is 39.3 Å². The number of morpholine rings is 1. The summed E-state index contributed by atoms with van der Waals surface area (Å²) in [4.78, 5) is 16.7. The van der Waals surface area contributed by atoms with Gasteiger partial charge in [-0.3, -0.25) is 4.90 Å². The van der Waals surface area contributed by atoms with E-state index in [0.717, 1.165) is 26.1 Å². The largest absolute Gasteiger partial charge is 0.372 e. The molecule has 5 nitrogen and oxygen atoms in total. The van der Waals surface area contributed by atoms with E-state index in [-0.39, 0.29) is 11.6 Å². The summed E-state index contributed by atoms with van der Waals surface area (Å²) in [6, 6.07) is 0.449. The number of likely N-dealkylation sites (N-methyl/N-ethyl adjacent to an activating group) is 1. The zero-order valence-corrected chi connectivity index (χ0v) is 15.3. The van der Waals surface area contributed by atoms with Crippen LogP contribution in [-0.4, -0.2) is 66.8 Å². The first-order valence-electron chi connectivity index (χ1n) is 8.69. The monoisotopic (exact) mass is 313 g/mol. The van der Waals surface area contributed by atoms with Gasteiger partial charge in [0.1, 0.15) is 0 Å². The summed E-state index contributed by atoms with van der Waals surface area (Å²) in [5, 5.41) is 3.13. The van der Waals surface area contributed by atoms with Gasteiger partial charge in [0.2, 0.25) is 0 Å². The maximum Gasteiger partial charge on any atom is 0.317 e. The Bertz CT molecular complexity index is 341. The number of urea groups is 1. The van der Waals surface area contributed by atoms with Crippen LogP contribution in [0.15, 0.2) is 0 Å². The van der Waals surface area contributed by atoms with E-state index in [4.69, 9.17) is 4.74 Å². The molecule has 0 aliphatic carbocycles. The zero-order valence-electron chi connectivity index (χ0n) is 15.3. The van der Waals surface area contributed by atoms with Gasteiger partial charge in [-0.05, 0) is 39.3 Å². The maximum atomic E-state index is 12.4. The number of ether oxygens (including phenoxy) is 1. The lowest BCUT2D eigenvalue weighted by molar-refractivity contribution is -0.0734. The Morgan fingerprint density at radius 1 is 1.32 bits per heavy atom. The summed E-state index contributed by atoms with van der Waals surface area (Å²) < 4.78 is 5.67. The molecule has 0 saturated carbocycles. The fourth-order valence-electron chi connectivity index (χ4n) is 3.15. The van der Waals surface area contributed by atoms with Crippen molar-refractivity contribution in [1.29, 1.82) is 0 Å². The molecule has 1 aliphatic heterocycles. The predicted molar refractivity (Wildman–Crippen MR) is 91.2 cm³/mol. The maximum absolute atomic E-state index is 12.4. The van der Waals surface area contributed by atoms with Gasteiger partial charge in [-0.25, -0.2) is 4.79 Å². The van der Waals surface area contributed by atoms with Crippen molar-refractivity contribution in [3.8, 4) is 0 Å². The molecule has 1 rings (SSSR count). The molecule has 0 aromatic rings. The van der Waals surface area contributed by atoms with Crippen molar-refractivity contribution in [2.24, 2.45) is 5.92 Å². The third-order valence-corrected chi connectivity index (χ3v) is 4.27. The highest BCUT2D eigenvalue weighted by Crippen LogP contribution is 2.16. The number of carbonyl (C=O) groups is 1. The van der Waals surface area contributed by atoms with Crippen molar-refractivity contribution in [1.82, 2.24) is 15.1 Å². The van der Waals surface area contributed by atoms with Gasteiger partial charge in [-0.15, -0.1) is 0 Å². The molecule has 0 bridgehead atoms. The summed E-state index contributed by atoms with van der Waals surface area (Å²) >= 11 is 0. The van der Waals surface area contributed by atoms with Crippen molar-refractivity contribution >= 4 is 6.03 Å². The van der Waals surface area contributed by atoms with Crippen LogP contribution in [0.25, 0.3) is 0 Å². The van der Waals surface area contributed by atoms with E-state index in [2.05, 4.69) is 37.9 Å². The summed E-state index contributed by atoms with van der Waals surface area (Å²) in [5.41, 5.74) is -0.244. The van der Waals surface area contributed by atoms with Crippen LogP contribution in [0, 0.1) is 5.92 Å². The summed E-state index contributed by atoms with van der Waals surface area (Å²) in [7, 11) is 0. The van der Waals surface area contributed by atoms with E-state index in [1.807, 2.05) is 18.7 Å². The second-order valence-corrected chi connectivity index (χ2v) is 7.22. The Morgan fingerprint density at radius 2 is 1.95 bits per heavy atom. The first kappa shape index (κ1) is 19.2. The van der Waals surface area contributed by atoms with Gasteiger partial charge in [0, 0.05) is 19.1 Å². The summed E-state index contributed by atoms with van der Waals surface area (Å²) in [6.07, 6.45) is 1.11. The van der Waals surface area contributed by atoms with Gasteiger partial charge < -0.3 is 15.0 Å². The van der Waals surface area contributed by atoms with Crippen LogP contribution in [0.5, 0.6) is 0 Å². The fraction of sp³-hybridized carbons (Fsp3) is 0.941. The van der Waals surface area contributed by atoms with Crippen molar-refractivity contribution in [2.45, 2.75) is 59.6 Å². The highest BCUT2D eigenvalue weighted by atomic mass is 16.5. The Kier molecular flexibility index (Phi) is 7.63. The molecule has 1 N–H and O–H groups in total. The highest BCUT2D eigenvalue weighted by molar-refractivity contribution is 5.74. The third kappa shape index (κ3) is 6.13. The Morgan fingerprint density at radius 3 is 2.45 bits per heavy atom. The molecule has 0 aromatic heterocycles. The molecule has 1 fully saturated rings. The van der Waals surface area contributed by atoms with E-state index >= 15 is 0 Å². The van der Waals surface area contributed by atoms with E-state index in [0.29, 0.717) is 31.7 Å². The zero-order chi connectivity index (χ0) is 16.8. The molecular formula is C17H35N3O2. The van der Waals surface area contributed by atoms with E-state index in [9.17, 15) is 4.79 Å². The quantitative estimate of drug-likeness (QED) is 0.785. The second kappa shape index (κ2) is 8.73. The molecule has 5 heteroatoms. The molecule has 1 aliphatic rings. The van der Waals surface area contributed by atoms with Crippen molar-refractivity contribution in [3.63, 3.8) is 0 Å². The summed E-state index contributed by atoms with van der Waals surface area (Å²) in [5.74, 6) is 0.629. The predicted octanol–water partition coefficient (Wildman–Crippen LogP) is 2.56. The number of nitrogens with zero attached hydrogens (tertiary/aromatic N) is 2. The molecule has 0 radical (unpaired) electrons. The minimum absolute atomic E-state index is 0.0392. The average Bonchev–Trinajstić information content (AvgIpc) is 2.43. The molecule has 1 atom stereocenters. The smallest absolute Gasteiger partial charge is 0.317 e. The third-order valence-electron chi connectivity index (χ3n) is 4.27. The van der Waals surface area contributed by atoms with E-state index in [1.165, 1.54) is 0 Å². The fourth-order valence-corrected chi connectivity index (χ4v) is 3.15. The lowest BCUT2D eigenvalue weighted by atomic mass is 10.0. The van der Waals surface area contributed by atoms with Gasteiger partial charge in [0.25, 0.3) is 0 Å². The van der Waals surface area contributed by atoms with Gasteiger partial charge in [0.05, 0.1) is 18.8 Å². The normalized spacial score (nSPS) is 19.5. The number of hydrogen-bond acceptors (Lipinski definition) is 3. The number of nitrogens with one attached hydrogen (secondary N) is 1. The molecule has 22 heavy (non-hydrogen) atoms. The second-order valence-electron chi connectivity index (χ2n) is 7.22. The number of carbonyl (C=O) groups excluding carboxylic acids is 1. The first-order valence-corrected chi connectivity index (χ1v) is 8.69. The van der Waals surface area contributed by atoms with Crippen LogP contribution in [-0.2, 0) is 4.74 Å². The van der Waals surface area contributed by atoms with Crippen LogP contribution in [0.4, 0.5) is 4.79 Å². The number of hydrogen-bond donors (Lipinski definition) is 1. The van der Waals surface area contributed by atoms with Gasteiger partial charge in [0.15, 0.2) is 0 Å². The molecule has 2 amide bonds. The topological polar surface area (TPSA) is 44.8 Å². The van der Waals surface area contributed by atoms with Crippen LogP contribution < -0.4 is 5.32 Å². The molecule has 1 saturated heterocycles. The lowest BCUT2D eigenvalue weighted by Gasteiger charge is -2.38. The molecular weight excluding hydrogens is 278 g/mol. The van der Waals surface area contributed by atoms with Gasteiger partial charge in [-0.1, -0.05) is 27.7 Å². The summed E-state index contributed by atoms with van der Waals surface area (Å²) in [6.45, 7) is 17.6. The molecule has 130 valence electrons. The lowest BCUT2D eigenvalue weighted by Crippen LogP contribution is -2.55. The minimum atomic E-state index is -0.244. The highest BCUT2D eigenvalue weighted by Gasteiger charge is 2.30. The first-order chi connectivity index (χ1) is 10.3. The van der Waals surface area contributed by atoms with Gasteiger partial charge >= 0.3 is 6.03 Å². The number of rotatable bonds is 7. The average molecular weight is 313 g/mol. The molecule has 1 heterocycles. The van der Waals surface area contributed by atoms with Crippen LogP contribution in [0.3, 0.4) is 0 Å². The minimum Gasteiger partial charge on any atom is -0.372 e.